The van der Waals surface area contributed by atoms with Gasteiger partial charge in [-0.2, -0.15) is 4.98 Å². The topological polar surface area (TPSA) is 51.4 Å². The largest absolute Gasteiger partial charge is 0.377 e. The first-order valence-corrected chi connectivity index (χ1v) is 10.8. The minimum absolute atomic E-state index is 0.266. The Kier molecular flexibility index (Phi) is 6.43. The van der Waals surface area contributed by atoms with Crippen LogP contribution in [0.4, 0.5) is 0 Å². The first kappa shape index (κ1) is 20.3. The van der Waals surface area contributed by atoms with Crippen molar-refractivity contribution in [2.24, 2.45) is 0 Å². The van der Waals surface area contributed by atoms with Crippen LogP contribution >= 0.6 is 15.9 Å². The molecule has 0 spiro atoms. The highest BCUT2D eigenvalue weighted by atomic mass is 79.9. The van der Waals surface area contributed by atoms with Crippen molar-refractivity contribution in [3.8, 4) is 11.5 Å². The van der Waals surface area contributed by atoms with E-state index in [0.717, 1.165) is 42.6 Å². The second-order valence-electron chi connectivity index (χ2n) is 7.78. The SMILES string of the molecule is Cc1ccc(-c2nc(CN(Cc3ccc(C)cc3Br)CC3CCCO3)no2)cc1. The molecule has 1 aliphatic heterocycles. The third kappa shape index (κ3) is 5.32. The summed E-state index contributed by atoms with van der Waals surface area (Å²) in [6.45, 7) is 7.30. The summed E-state index contributed by atoms with van der Waals surface area (Å²) in [5.74, 6) is 1.26. The Balaban J connectivity index is 1.50. The molecule has 5 nitrogen and oxygen atoms in total. The molecule has 2 aromatic carbocycles. The quantitative estimate of drug-likeness (QED) is 0.483. The summed E-state index contributed by atoms with van der Waals surface area (Å²) in [5.41, 5.74) is 4.64. The molecule has 0 aliphatic carbocycles. The molecule has 0 radical (unpaired) electrons. The number of hydrogen-bond acceptors (Lipinski definition) is 5. The number of rotatable bonds is 7. The average molecular weight is 456 g/mol. The zero-order valence-corrected chi connectivity index (χ0v) is 18.5. The molecule has 0 N–H and O–H groups in total. The van der Waals surface area contributed by atoms with Gasteiger partial charge in [0.15, 0.2) is 5.82 Å². The molecule has 1 aliphatic rings. The van der Waals surface area contributed by atoms with Gasteiger partial charge in [-0.1, -0.05) is 50.9 Å². The molecule has 1 unspecified atom stereocenters. The molecular weight excluding hydrogens is 430 g/mol. The summed E-state index contributed by atoms with van der Waals surface area (Å²) in [7, 11) is 0. The zero-order valence-electron chi connectivity index (χ0n) is 16.9. The van der Waals surface area contributed by atoms with Gasteiger partial charge in [-0.05, 0) is 56.0 Å². The fourth-order valence-electron chi connectivity index (χ4n) is 3.61. The molecule has 1 fully saturated rings. The Bertz CT molecular complexity index is 949. The summed E-state index contributed by atoms with van der Waals surface area (Å²) < 4.78 is 12.5. The Hall–Kier alpha value is -2.02. The van der Waals surface area contributed by atoms with Crippen molar-refractivity contribution in [1.29, 1.82) is 0 Å². The Morgan fingerprint density at radius 3 is 2.59 bits per heavy atom. The van der Waals surface area contributed by atoms with Crippen LogP contribution in [0.2, 0.25) is 0 Å². The summed E-state index contributed by atoms with van der Waals surface area (Å²) in [5, 5.41) is 4.23. The minimum atomic E-state index is 0.266. The van der Waals surface area contributed by atoms with E-state index in [1.807, 2.05) is 12.1 Å². The first-order valence-electron chi connectivity index (χ1n) is 10.1. The van der Waals surface area contributed by atoms with Crippen molar-refractivity contribution >= 4 is 15.9 Å². The summed E-state index contributed by atoms with van der Waals surface area (Å²) >= 11 is 3.71. The molecule has 1 atom stereocenters. The van der Waals surface area contributed by atoms with E-state index in [1.165, 1.54) is 16.7 Å². The molecular formula is C23H26BrN3O2. The van der Waals surface area contributed by atoms with Gasteiger partial charge in [-0.15, -0.1) is 0 Å². The maximum atomic E-state index is 5.88. The standard InChI is InChI=1S/C23H26BrN3O2/c1-16-5-8-18(9-6-16)23-25-22(26-29-23)15-27(14-20-4-3-11-28-20)13-19-10-7-17(2)12-21(19)24/h5-10,12,20H,3-4,11,13-15H2,1-2H3. The number of halogens is 1. The molecule has 4 rings (SSSR count). The predicted molar refractivity (Wildman–Crippen MR) is 116 cm³/mol. The molecule has 29 heavy (non-hydrogen) atoms. The zero-order chi connectivity index (χ0) is 20.2. The van der Waals surface area contributed by atoms with Crippen molar-refractivity contribution in [2.75, 3.05) is 13.2 Å². The Labute approximate surface area is 180 Å². The highest BCUT2D eigenvalue weighted by Crippen LogP contribution is 2.23. The predicted octanol–water partition coefficient (Wildman–Crippen LogP) is 5.30. The maximum Gasteiger partial charge on any atom is 0.257 e. The van der Waals surface area contributed by atoms with Gasteiger partial charge in [-0.3, -0.25) is 4.90 Å². The lowest BCUT2D eigenvalue weighted by Crippen LogP contribution is -2.32. The molecule has 2 heterocycles. The minimum Gasteiger partial charge on any atom is -0.377 e. The van der Waals surface area contributed by atoms with E-state index >= 15 is 0 Å². The fourth-order valence-corrected chi connectivity index (χ4v) is 4.23. The highest BCUT2D eigenvalue weighted by molar-refractivity contribution is 9.10. The normalized spacial score (nSPS) is 16.6. The van der Waals surface area contributed by atoms with Crippen LogP contribution in [0.1, 0.15) is 35.4 Å². The monoisotopic (exact) mass is 455 g/mol. The maximum absolute atomic E-state index is 5.88. The van der Waals surface area contributed by atoms with Crippen LogP contribution in [0.15, 0.2) is 51.5 Å². The third-order valence-electron chi connectivity index (χ3n) is 5.22. The lowest BCUT2D eigenvalue weighted by Gasteiger charge is -2.24. The second kappa shape index (κ2) is 9.20. The van der Waals surface area contributed by atoms with Crippen molar-refractivity contribution in [3.63, 3.8) is 0 Å². The van der Waals surface area contributed by atoms with Gasteiger partial charge in [0.05, 0.1) is 12.6 Å². The van der Waals surface area contributed by atoms with E-state index in [-0.39, 0.29) is 6.10 Å². The van der Waals surface area contributed by atoms with Gasteiger partial charge in [0.2, 0.25) is 0 Å². The molecule has 0 bridgehead atoms. The van der Waals surface area contributed by atoms with E-state index in [1.54, 1.807) is 0 Å². The van der Waals surface area contributed by atoms with Gasteiger partial charge in [0, 0.05) is 29.7 Å². The Morgan fingerprint density at radius 1 is 1.07 bits per heavy atom. The molecule has 1 saturated heterocycles. The van der Waals surface area contributed by atoms with Crippen LogP contribution in [0, 0.1) is 13.8 Å². The van der Waals surface area contributed by atoms with Crippen molar-refractivity contribution in [2.45, 2.75) is 45.9 Å². The Morgan fingerprint density at radius 2 is 1.86 bits per heavy atom. The first-order chi connectivity index (χ1) is 14.1. The number of aryl methyl sites for hydroxylation is 2. The van der Waals surface area contributed by atoms with E-state index in [0.29, 0.717) is 18.3 Å². The van der Waals surface area contributed by atoms with Gasteiger partial charge < -0.3 is 9.26 Å². The lowest BCUT2D eigenvalue weighted by molar-refractivity contribution is 0.0666. The van der Waals surface area contributed by atoms with Crippen molar-refractivity contribution in [3.05, 3.63) is 69.5 Å². The van der Waals surface area contributed by atoms with E-state index in [9.17, 15) is 0 Å². The van der Waals surface area contributed by atoms with Crippen LogP contribution in [0.25, 0.3) is 11.5 Å². The number of aromatic nitrogens is 2. The van der Waals surface area contributed by atoms with E-state index in [2.05, 4.69) is 75.1 Å². The molecule has 0 amide bonds. The molecule has 152 valence electrons. The number of nitrogens with zero attached hydrogens (tertiary/aromatic N) is 3. The van der Waals surface area contributed by atoms with Gasteiger partial charge >= 0.3 is 0 Å². The summed E-state index contributed by atoms with van der Waals surface area (Å²) in [4.78, 5) is 6.97. The molecule has 6 heteroatoms. The summed E-state index contributed by atoms with van der Waals surface area (Å²) in [6.07, 6.45) is 2.50. The van der Waals surface area contributed by atoms with E-state index in [4.69, 9.17) is 9.26 Å². The number of benzene rings is 2. The molecule has 1 aromatic heterocycles. The second-order valence-corrected chi connectivity index (χ2v) is 8.64. The third-order valence-corrected chi connectivity index (χ3v) is 5.96. The highest BCUT2D eigenvalue weighted by Gasteiger charge is 2.22. The van der Waals surface area contributed by atoms with Gasteiger partial charge in [-0.25, -0.2) is 0 Å². The molecule has 0 saturated carbocycles. The van der Waals surface area contributed by atoms with Crippen LogP contribution < -0.4 is 0 Å². The summed E-state index contributed by atoms with van der Waals surface area (Å²) in [6, 6.07) is 14.6. The van der Waals surface area contributed by atoms with Gasteiger partial charge in [0.25, 0.3) is 5.89 Å². The smallest absolute Gasteiger partial charge is 0.257 e. The van der Waals surface area contributed by atoms with Crippen LogP contribution in [-0.2, 0) is 17.8 Å². The van der Waals surface area contributed by atoms with Crippen LogP contribution in [0.3, 0.4) is 0 Å². The van der Waals surface area contributed by atoms with Gasteiger partial charge in [0.1, 0.15) is 0 Å². The number of ether oxygens (including phenoxy) is 1. The molecule has 3 aromatic rings. The fraction of sp³-hybridized carbons (Fsp3) is 0.391. The van der Waals surface area contributed by atoms with Crippen molar-refractivity contribution in [1.82, 2.24) is 15.0 Å². The average Bonchev–Trinajstić information content (AvgIpc) is 3.37. The van der Waals surface area contributed by atoms with Crippen LogP contribution in [-0.4, -0.2) is 34.3 Å². The van der Waals surface area contributed by atoms with Crippen LogP contribution in [0.5, 0.6) is 0 Å². The van der Waals surface area contributed by atoms with Crippen molar-refractivity contribution < 1.29 is 9.26 Å². The van der Waals surface area contributed by atoms with E-state index < -0.39 is 0 Å². The number of hydrogen-bond donors (Lipinski definition) is 0. The lowest BCUT2D eigenvalue weighted by atomic mass is 10.1.